The minimum Gasteiger partial charge on any atom is -0.310 e. The van der Waals surface area contributed by atoms with Crippen LogP contribution in [0.15, 0.2) is 30.8 Å². The zero-order valence-electron chi connectivity index (χ0n) is 8.38. The van der Waals surface area contributed by atoms with Crippen LogP contribution in [0, 0.1) is 0 Å². The van der Waals surface area contributed by atoms with Gasteiger partial charge < -0.3 is 5.32 Å². The Morgan fingerprint density at radius 3 is 2.77 bits per heavy atom. The van der Waals surface area contributed by atoms with Crippen molar-refractivity contribution in [2.45, 2.75) is 19.9 Å². The van der Waals surface area contributed by atoms with Crippen molar-refractivity contribution in [1.82, 2.24) is 5.32 Å². The normalized spacial score (nSPS) is 12.5. The van der Waals surface area contributed by atoms with Crippen LogP contribution in [0.3, 0.4) is 0 Å². The lowest BCUT2D eigenvalue weighted by Gasteiger charge is -2.15. The van der Waals surface area contributed by atoms with Crippen LogP contribution in [-0.4, -0.2) is 6.54 Å². The number of nitrogens with one attached hydrogen (secondary N) is 1. The zero-order chi connectivity index (χ0) is 9.68. The molecule has 0 aliphatic carbocycles. The Hall–Kier alpha value is -1.08. The predicted molar refractivity (Wildman–Crippen MR) is 58.6 cm³/mol. The lowest BCUT2D eigenvalue weighted by atomic mass is 10.0. The molecule has 0 fully saturated rings. The summed E-state index contributed by atoms with van der Waals surface area (Å²) in [7, 11) is 0. The second kappa shape index (κ2) is 4.83. The highest BCUT2D eigenvalue weighted by atomic mass is 14.9. The summed E-state index contributed by atoms with van der Waals surface area (Å²) < 4.78 is 0. The summed E-state index contributed by atoms with van der Waals surface area (Å²) >= 11 is 0. The molecular weight excluding hydrogens is 158 g/mol. The lowest BCUT2D eigenvalue weighted by Crippen LogP contribution is -2.18. The van der Waals surface area contributed by atoms with Crippen LogP contribution >= 0.6 is 0 Å². The van der Waals surface area contributed by atoms with Crippen molar-refractivity contribution in [2.24, 2.45) is 0 Å². The van der Waals surface area contributed by atoms with E-state index in [4.69, 9.17) is 0 Å². The fourth-order valence-electron chi connectivity index (χ4n) is 1.51. The lowest BCUT2D eigenvalue weighted by molar-refractivity contribution is 0.597. The first-order chi connectivity index (χ1) is 6.29. The molecule has 0 saturated heterocycles. The van der Waals surface area contributed by atoms with Crippen LogP contribution in [0.5, 0.6) is 0 Å². The minimum atomic E-state index is 0.402. The van der Waals surface area contributed by atoms with Gasteiger partial charge in [-0.05, 0) is 24.6 Å². The van der Waals surface area contributed by atoms with Crippen molar-refractivity contribution in [2.75, 3.05) is 6.54 Å². The molecule has 0 amide bonds. The number of benzene rings is 1. The van der Waals surface area contributed by atoms with Gasteiger partial charge in [-0.1, -0.05) is 43.8 Å². The van der Waals surface area contributed by atoms with E-state index in [-0.39, 0.29) is 0 Å². The third-order valence-electron chi connectivity index (χ3n) is 2.19. The molecule has 0 saturated carbocycles. The maximum Gasteiger partial charge on any atom is 0.0297 e. The summed E-state index contributed by atoms with van der Waals surface area (Å²) in [6.07, 6.45) is 1.91. The summed E-state index contributed by atoms with van der Waals surface area (Å²) in [5.41, 5.74) is 2.54. The fourth-order valence-corrected chi connectivity index (χ4v) is 1.51. The van der Waals surface area contributed by atoms with E-state index in [9.17, 15) is 0 Å². The Balaban J connectivity index is 2.91. The van der Waals surface area contributed by atoms with Crippen molar-refractivity contribution >= 4 is 6.08 Å². The highest BCUT2D eigenvalue weighted by Crippen LogP contribution is 2.17. The number of hydrogen-bond donors (Lipinski definition) is 1. The molecule has 1 aromatic rings. The Morgan fingerprint density at radius 1 is 1.46 bits per heavy atom. The Labute approximate surface area is 80.5 Å². The zero-order valence-corrected chi connectivity index (χ0v) is 8.38. The van der Waals surface area contributed by atoms with Crippen LogP contribution in [0.2, 0.25) is 0 Å². The summed E-state index contributed by atoms with van der Waals surface area (Å²) in [5.74, 6) is 0. The van der Waals surface area contributed by atoms with E-state index in [1.165, 1.54) is 11.1 Å². The van der Waals surface area contributed by atoms with Gasteiger partial charge in [0, 0.05) is 6.04 Å². The van der Waals surface area contributed by atoms with E-state index >= 15 is 0 Å². The molecule has 0 heterocycles. The Morgan fingerprint density at radius 2 is 2.15 bits per heavy atom. The monoisotopic (exact) mass is 175 g/mol. The summed E-state index contributed by atoms with van der Waals surface area (Å²) in [6, 6.07) is 8.75. The first-order valence-corrected chi connectivity index (χ1v) is 4.74. The number of rotatable bonds is 4. The van der Waals surface area contributed by atoms with Gasteiger partial charge in [-0.3, -0.25) is 0 Å². The highest BCUT2D eigenvalue weighted by Gasteiger charge is 2.05. The summed E-state index contributed by atoms with van der Waals surface area (Å²) in [4.78, 5) is 0. The molecule has 0 aliphatic rings. The van der Waals surface area contributed by atoms with Gasteiger partial charge in [0.2, 0.25) is 0 Å². The van der Waals surface area contributed by atoms with Crippen LogP contribution in [0.25, 0.3) is 6.08 Å². The van der Waals surface area contributed by atoms with E-state index in [0.717, 1.165) is 6.54 Å². The quantitative estimate of drug-likeness (QED) is 0.741. The average molecular weight is 175 g/mol. The van der Waals surface area contributed by atoms with E-state index in [1.807, 2.05) is 12.1 Å². The Kier molecular flexibility index (Phi) is 3.71. The highest BCUT2D eigenvalue weighted by molar-refractivity contribution is 5.52. The van der Waals surface area contributed by atoms with Crippen LogP contribution < -0.4 is 5.32 Å². The van der Waals surface area contributed by atoms with Crippen LogP contribution in [-0.2, 0) is 0 Å². The molecule has 0 radical (unpaired) electrons. The molecule has 0 bridgehead atoms. The molecule has 1 unspecified atom stereocenters. The second-order valence-electron chi connectivity index (χ2n) is 3.11. The van der Waals surface area contributed by atoms with Gasteiger partial charge in [-0.2, -0.15) is 0 Å². The molecule has 1 rings (SSSR count). The molecule has 0 spiro atoms. The molecule has 70 valence electrons. The third kappa shape index (κ3) is 2.43. The van der Waals surface area contributed by atoms with Crippen molar-refractivity contribution in [3.8, 4) is 0 Å². The summed E-state index contributed by atoms with van der Waals surface area (Å²) in [6.45, 7) is 9.09. The minimum absolute atomic E-state index is 0.402. The predicted octanol–water partition coefficient (Wildman–Crippen LogP) is 3.00. The van der Waals surface area contributed by atoms with Gasteiger partial charge in [0.05, 0.1) is 0 Å². The van der Waals surface area contributed by atoms with Gasteiger partial charge in [-0.15, -0.1) is 0 Å². The maximum atomic E-state index is 3.81. The van der Waals surface area contributed by atoms with Crippen LogP contribution in [0.1, 0.15) is 31.0 Å². The first kappa shape index (κ1) is 10.0. The SMILES string of the molecule is C=Cc1ccccc1C(C)NCC. The van der Waals surface area contributed by atoms with Crippen molar-refractivity contribution in [1.29, 1.82) is 0 Å². The average Bonchev–Trinajstić information content (AvgIpc) is 2.18. The van der Waals surface area contributed by atoms with Gasteiger partial charge in [0.25, 0.3) is 0 Å². The number of hydrogen-bond acceptors (Lipinski definition) is 1. The first-order valence-electron chi connectivity index (χ1n) is 4.74. The Bertz CT molecular complexity index is 278. The molecule has 0 aliphatic heterocycles. The smallest absolute Gasteiger partial charge is 0.0297 e. The molecule has 1 atom stereocenters. The largest absolute Gasteiger partial charge is 0.310 e. The van der Waals surface area contributed by atoms with Crippen LogP contribution in [0.4, 0.5) is 0 Å². The third-order valence-corrected chi connectivity index (χ3v) is 2.19. The van der Waals surface area contributed by atoms with Gasteiger partial charge in [0.1, 0.15) is 0 Å². The standard InChI is InChI=1S/C12H17N/c1-4-11-8-6-7-9-12(11)10(3)13-5-2/h4,6-10,13H,1,5H2,2-3H3. The molecule has 1 nitrogen and oxygen atoms in total. The molecular formula is C12H17N. The second-order valence-corrected chi connectivity index (χ2v) is 3.11. The maximum absolute atomic E-state index is 3.81. The topological polar surface area (TPSA) is 12.0 Å². The molecule has 1 N–H and O–H groups in total. The van der Waals surface area contributed by atoms with E-state index in [0.29, 0.717) is 6.04 Å². The molecule has 13 heavy (non-hydrogen) atoms. The van der Waals surface area contributed by atoms with Crippen molar-refractivity contribution < 1.29 is 0 Å². The van der Waals surface area contributed by atoms with E-state index in [1.54, 1.807) is 0 Å². The molecule has 1 heteroatoms. The van der Waals surface area contributed by atoms with Crippen molar-refractivity contribution in [3.63, 3.8) is 0 Å². The van der Waals surface area contributed by atoms with E-state index < -0.39 is 0 Å². The van der Waals surface area contributed by atoms with Gasteiger partial charge in [-0.25, -0.2) is 0 Å². The van der Waals surface area contributed by atoms with Gasteiger partial charge in [0.15, 0.2) is 0 Å². The molecule has 0 aromatic heterocycles. The van der Waals surface area contributed by atoms with Crippen molar-refractivity contribution in [3.05, 3.63) is 42.0 Å². The fraction of sp³-hybridized carbons (Fsp3) is 0.333. The van der Waals surface area contributed by atoms with Gasteiger partial charge >= 0.3 is 0 Å². The summed E-state index contributed by atoms with van der Waals surface area (Å²) in [5, 5.41) is 3.39. The van der Waals surface area contributed by atoms with E-state index in [2.05, 4.69) is 43.9 Å². The molecule has 1 aromatic carbocycles.